The Morgan fingerprint density at radius 1 is 1.15 bits per heavy atom. The number of rotatable bonds is 5. The van der Waals surface area contributed by atoms with E-state index in [-0.39, 0.29) is 0 Å². The highest BCUT2D eigenvalue weighted by Gasteiger charge is 2.14. The number of nitrogens with zero attached hydrogens (tertiary/aromatic N) is 2. The zero-order valence-corrected chi connectivity index (χ0v) is 13.7. The maximum atomic E-state index is 4.71. The first kappa shape index (κ1) is 15.0. The smallest absolute Gasteiger partial charge is 0.144 e. The van der Waals surface area contributed by atoms with Crippen molar-refractivity contribution in [2.45, 2.75) is 33.1 Å². The Labute approximate surface area is 129 Å². The minimum absolute atomic E-state index is 0.360. The molecule has 4 heteroatoms. The lowest BCUT2D eigenvalue weighted by atomic mass is 10.1. The topological polar surface area (TPSA) is 37.8 Å². The van der Waals surface area contributed by atoms with Crippen LogP contribution in [0.15, 0.2) is 34.8 Å². The van der Waals surface area contributed by atoms with Gasteiger partial charge in [0.1, 0.15) is 11.6 Å². The van der Waals surface area contributed by atoms with Crippen molar-refractivity contribution in [1.82, 2.24) is 9.97 Å². The molecular weight excluding hydrogens is 314 g/mol. The minimum atomic E-state index is 0.360. The summed E-state index contributed by atoms with van der Waals surface area (Å²) in [6, 6.07) is 10.3. The normalized spacial score (nSPS) is 10.8. The molecule has 0 saturated carbocycles. The van der Waals surface area contributed by atoms with Crippen LogP contribution in [0.2, 0.25) is 0 Å². The fourth-order valence-electron chi connectivity index (χ4n) is 2.04. The molecule has 1 aromatic heterocycles. The number of anilines is 1. The highest BCUT2D eigenvalue weighted by atomic mass is 79.9. The third kappa shape index (κ3) is 3.57. The summed E-state index contributed by atoms with van der Waals surface area (Å²) in [4.78, 5) is 9.34. The molecule has 2 aromatic rings. The van der Waals surface area contributed by atoms with Gasteiger partial charge >= 0.3 is 0 Å². The Morgan fingerprint density at radius 2 is 1.85 bits per heavy atom. The van der Waals surface area contributed by atoms with Crippen molar-refractivity contribution in [3.05, 3.63) is 51.9 Å². The molecule has 106 valence electrons. The monoisotopic (exact) mass is 333 g/mol. The third-order valence-corrected chi connectivity index (χ3v) is 3.80. The van der Waals surface area contributed by atoms with Crippen LogP contribution in [0.25, 0.3) is 0 Å². The average molecular weight is 334 g/mol. The van der Waals surface area contributed by atoms with Crippen LogP contribution >= 0.6 is 15.9 Å². The molecule has 1 N–H and O–H groups in total. The van der Waals surface area contributed by atoms with Crippen LogP contribution in [0.4, 0.5) is 5.82 Å². The number of halogens is 1. The van der Waals surface area contributed by atoms with E-state index in [1.165, 1.54) is 5.56 Å². The summed E-state index contributed by atoms with van der Waals surface area (Å²) >= 11 is 3.61. The summed E-state index contributed by atoms with van der Waals surface area (Å²) in [5.74, 6) is 2.11. The second-order valence-corrected chi connectivity index (χ2v) is 5.83. The van der Waals surface area contributed by atoms with Gasteiger partial charge in [-0.05, 0) is 34.3 Å². The van der Waals surface area contributed by atoms with E-state index >= 15 is 0 Å². The predicted molar refractivity (Wildman–Crippen MR) is 87.2 cm³/mol. The average Bonchev–Trinajstić information content (AvgIpc) is 2.43. The van der Waals surface area contributed by atoms with Gasteiger partial charge in [-0.15, -0.1) is 0 Å². The Kier molecular flexibility index (Phi) is 5.12. The Balaban J connectivity index is 2.37. The highest BCUT2D eigenvalue weighted by molar-refractivity contribution is 9.10. The van der Waals surface area contributed by atoms with E-state index in [0.29, 0.717) is 5.92 Å². The van der Waals surface area contributed by atoms with Crippen molar-refractivity contribution in [1.29, 1.82) is 0 Å². The third-order valence-electron chi connectivity index (χ3n) is 3.02. The summed E-state index contributed by atoms with van der Waals surface area (Å²) < 4.78 is 0.978. The van der Waals surface area contributed by atoms with Crippen LogP contribution < -0.4 is 5.32 Å². The van der Waals surface area contributed by atoms with Crippen molar-refractivity contribution in [3.8, 4) is 0 Å². The van der Waals surface area contributed by atoms with Gasteiger partial charge in [0.2, 0.25) is 0 Å². The van der Waals surface area contributed by atoms with Gasteiger partial charge in [0, 0.05) is 13.0 Å². The van der Waals surface area contributed by atoms with Gasteiger partial charge in [0.05, 0.1) is 10.2 Å². The molecule has 0 radical (unpaired) electrons. The minimum Gasteiger partial charge on any atom is -0.369 e. The maximum absolute atomic E-state index is 4.71. The molecule has 0 aliphatic carbocycles. The fraction of sp³-hybridized carbons (Fsp3) is 0.375. The molecule has 0 amide bonds. The van der Waals surface area contributed by atoms with Gasteiger partial charge in [0.15, 0.2) is 0 Å². The van der Waals surface area contributed by atoms with E-state index in [1.807, 2.05) is 18.2 Å². The summed E-state index contributed by atoms with van der Waals surface area (Å²) in [6.45, 7) is 7.21. The number of benzene rings is 1. The van der Waals surface area contributed by atoms with Crippen LogP contribution in [0, 0.1) is 0 Å². The number of nitrogens with one attached hydrogen (secondary N) is 1. The molecule has 0 spiro atoms. The SMILES string of the molecule is CCNc1nc(Cc2ccccc2)nc(C(C)C)c1Br. The van der Waals surface area contributed by atoms with Crippen LogP contribution in [0.1, 0.15) is 43.8 Å². The molecule has 20 heavy (non-hydrogen) atoms. The van der Waals surface area contributed by atoms with Crippen LogP contribution in [0.3, 0.4) is 0 Å². The lowest BCUT2D eigenvalue weighted by Crippen LogP contribution is -2.09. The summed E-state index contributed by atoms with van der Waals surface area (Å²) in [7, 11) is 0. The molecule has 3 nitrogen and oxygen atoms in total. The van der Waals surface area contributed by atoms with Crippen molar-refractivity contribution < 1.29 is 0 Å². The first-order valence-electron chi connectivity index (χ1n) is 6.96. The van der Waals surface area contributed by atoms with Crippen molar-refractivity contribution in [2.75, 3.05) is 11.9 Å². The lowest BCUT2D eigenvalue weighted by Gasteiger charge is -2.14. The molecule has 0 aliphatic heterocycles. The number of aromatic nitrogens is 2. The van der Waals surface area contributed by atoms with E-state index in [2.05, 4.69) is 59.1 Å². The molecular formula is C16H20BrN3. The molecule has 0 aliphatic rings. The van der Waals surface area contributed by atoms with Gasteiger partial charge < -0.3 is 5.32 Å². The zero-order chi connectivity index (χ0) is 14.5. The van der Waals surface area contributed by atoms with Crippen molar-refractivity contribution in [2.24, 2.45) is 0 Å². The molecule has 0 saturated heterocycles. The first-order valence-corrected chi connectivity index (χ1v) is 7.75. The first-order chi connectivity index (χ1) is 9.61. The summed E-state index contributed by atoms with van der Waals surface area (Å²) in [5, 5.41) is 3.30. The Bertz CT molecular complexity index is 567. The van der Waals surface area contributed by atoms with Gasteiger partial charge in [0.25, 0.3) is 0 Å². The van der Waals surface area contributed by atoms with Crippen LogP contribution in [-0.2, 0) is 6.42 Å². The second-order valence-electron chi connectivity index (χ2n) is 5.04. The van der Waals surface area contributed by atoms with E-state index in [9.17, 15) is 0 Å². The van der Waals surface area contributed by atoms with E-state index < -0.39 is 0 Å². The fourth-order valence-corrected chi connectivity index (χ4v) is 2.81. The largest absolute Gasteiger partial charge is 0.369 e. The Hall–Kier alpha value is -1.42. The molecule has 1 aromatic carbocycles. The molecule has 2 rings (SSSR count). The van der Waals surface area contributed by atoms with Gasteiger partial charge in [-0.25, -0.2) is 9.97 Å². The van der Waals surface area contributed by atoms with E-state index in [0.717, 1.165) is 34.8 Å². The summed E-state index contributed by atoms with van der Waals surface area (Å²) in [6.07, 6.45) is 0.756. The van der Waals surface area contributed by atoms with Crippen LogP contribution in [-0.4, -0.2) is 16.5 Å². The molecule has 0 fully saturated rings. The van der Waals surface area contributed by atoms with Crippen molar-refractivity contribution in [3.63, 3.8) is 0 Å². The summed E-state index contributed by atoms with van der Waals surface area (Å²) in [5.41, 5.74) is 2.29. The molecule has 0 unspecified atom stereocenters. The Morgan fingerprint density at radius 3 is 2.45 bits per heavy atom. The zero-order valence-electron chi connectivity index (χ0n) is 12.2. The molecule has 1 heterocycles. The van der Waals surface area contributed by atoms with E-state index in [4.69, 9.17) is 4.98 Å². The van der Waals surface area contributed by atoms with E-state index in [1.54, 1.807) is 0 Å². The highest BCUT2D eigenvalue weighted by Crippen LogP contribution is 2.29. The molecule has 0 bridgehead atoms. The quantitative estimate of drug-likeness (QED) is 0.881. The number of hydrogen-bond donors (Lipinski definition) is 1. The van der Waals surface area contributed by atoms with Crippen molar-refractivity contribution >= 4 is 21.7 Å². The van der Waals surface area contributed by atoms with Gasteiger partial charge in [-0.3, -0.25) is 0 Å². The number of hydrogen-bond acceptors (Lipinski definition) is 3. The predicted octanol–water partition coefficient (Wildman–Crippen LogP) is 4.39. The maximum Gasteiger partial charge on any atom is 0.144 e. The molecule has 0 atom stereocenters. The van der Waals surface area contributed by atoms with Gasteiger partial charge in [-0.2, -0.15) is 0 Å². The van der Waals surface area contributed by atoms with Gasteiger partial charge in [-0.1, -0.05) is 44.2 Å². The van der Waals surface area contributed by atoms with Crippen LogP contribution in [0.5, 0.6) is 0 Å². The standard InChI is InChI=1S/C16H20BrN3/c1-4-18-16-14(17)15(11(2)3)19-13(20-16)10-12-8-6-5-7-9-12/h5-9,11H,4,10H2,1-3H3,(H,18,19,20). The second kappa shape index (κ2) is 6.84. The lowest BCUT2D eigenvalue weighted by molar-refractivity contribution is 0.784.